The number of nitrogens with two attached hydrogens (primary N) is 1. The SMILES string of the molecule is CC1(C)CCC(N)C(Cc2cn3ccsc3n2)C1. The maximum absolute atomic E-state index is 6.29. The number of aromatic nitrogens is 2. The Bertz CT molecular complexity index is 511. The first-order valence-corrected chi connectivity index (χ1v) is 7.58. The van der Waals surface area contributed by atoms with Crippen molar-refractivity contribution in [2.24, 2.45) is 17.1 Å². The van der Waals surface area contributed by atoms with Crippen LogP contribution in [0.15, 0.2) is 17.8 Å². The summed E-state index contributed by atoms with van der Waals surface area (Å²) in [4.78, 5) is 5.77. The monoisotopic (exact) mass is 263 g/mol. The number of rotatable bonds is 2. The molecule has 2 aromatic heterocycles. The standard InChI is InChI=1S/C14H21N3S/c1-14(2)4-3-12(15)10(8-14)7-11-9-17-5-6-18-13(17)16-11/h5-6,9-10,12H,3-4,7-8,15H2,1-2H3. The maximum atomic E-state index is 6.29. The highest BCUT2D eigenvalue weighted by Crippen LogP contribution is 2.39. The number of thiazole rings is 1. The number of fused-ring (bicyclic) bond motifs is 1. The first kappa shape index (κ1) is 12.2. The first-order chi connectivity index (χ1) is 8.53. The molecule has 3 rings (SSSR count). The lowest BCUT2D eigenvalue weighted by molar-refractivity contribution is 0.156. The summed E-state index contributed by atoms with van der Waals surface area (Å²) in [7, 11) is 0. The van der Waals surface area contributed by atoms with E-state index < -0.39 is 0 Å². The van der Waals surface area contributed by atoms with Crippen LogP contribution in [0.3, 0.4) is 0 Å². The lowest BCUT2D eigenvalue weighted by Crippen LogP contribution is -2.40. The van der Waals surface area contributed by atoms with E-state index in [9.17, 15) is 0 Å². The molecule has 1 saturated carbocycles. The van der Waals surface area contributed by atoms with Gasteiger partial charge in [0, 0.05) is 23.8 Å². The Morgan fingerprint density at radius 1 is 1.56 bits per heavy atom. The van der Waals surface area contributed by atoms with Crippen LogP contribution in [0.2, 0.25) is 0 Å². The molecule has 1 aliphatic carbocycles. The van der Waals surface area contributed by atoms with Gasteiger partial charge in [-0.25, -0.2) is 4.98 Å². The molecule has 2 atom stereocenters. The summed E-state index contributed by atoms with van der Waals surface area (Å²) in [5.41, 5.74) is 7.92. The zero-order valence-corrected chi connectivity index (χ0v) is 11.9. The van der Waals surface area contributed by atoms with Crippen LogP contribution in [0.5, 0.6) is 0 Å². The third-order valence-corrected chi connectivity index (χ3v) is 4.96. The van der Waals surface area contributed by atoms with Crippen molar-refractivity contribution >= 4 is 16.3 Å². The Hall–Kier alpha value is -0.870. The van der Waals surface area contributed by atoms with Gasteiger partial charge in [0.05, 0.1) is 5.69 Å². The van der Waals surface area contributed by atoms with Crippen molar-refractivity contribution in [1.82, 2.24) is 9.38 Å². The van der Waals surface area contributed by atoms with Crippen LogP contribution >= 0.6 is 11.3 Å². The van der Waals surface area contributed by atoms with Gasteiger partial charge in [-0.3, -0.25) is 4.40 Å². The molecule has 0 radical (unpaired) electrons. The average Bonchev–Trinajstić information content (AvgIpc) is 2.83. The van der Waals surface area contributed by atoms with Crippen molar-refractivity contribution < 1.29 is 0 Å². The number of imidazole rings is 1. The molecule has 3 nitrogen and oxygen atoms in total. The van der Waals surface area contributed by atoms with E-state index in [0.717, 1.165) is 17.8 Å². The van der Waals surface area contributed by atoms with Crippen LogP contribution in [-0.4, -0.2) is 15.4 Å². The summed E-state index contributed by atoms with van der Waals surface area (Å²) in [6, 6.07) is 0.345. The van der Waals surface area contributed by atoms with Crippen molar-refractivity contribution in [3.63, 3.8) is 0 Å². The van der Waals surface area contributed by atoms with Crippen LogP contribution in [0.1, 0.15) is 38.8 Å². The highest BCUT2D eigenvalue weighted by molar-refractivity contribution is 7.15. The Morgan fingerprint density at radius 2 is 2.39 bits per heavy atom. The molecule has 2 aromatic rings. The first-order valence-electron chi connectivity index (χ1n) is 6.70. The molecule has 4 heteroatoms. The molecule has 0 saturated heterocycles. The average molecular weight is 263 g/mol. The highest BCUT2D eigenvalue weighted by atomic mass is 32.1. The van der Waals surface area contributed by atoms with Crippen LogP contribution in [0, 0.1) is 11.3 Å². The van der Waals surface area contributed by atoms with Gasteiger partial charge >= 0.3 is 0 Å². The molecule has 1 aliphatic rings. The molecule has 18 heavy (non-hydrogen) atoms. The summed E-state index contributed by atoms with van der Waals surface area (Å²) < 4.78 is 2.11. The van der Waals surface area contributed by atoms with Crippen molar-refractivity contribution in [3.8, 4) is 0 Å². The molecule has 0 bridgehead atoms. The quantitative estimate of drug-likeness (QED) is 0.904. The normalized spacial score (nSPS) is 27.7. The molecule has 2 N–H and O–H groups in total. The fraction of sp³-hybridized carbons (Fsp3) is 0.643. The second-order valence-electron chi connectivity index (χ2n) is 6.36. The minimum Gasteiger partial charge on any atom is -0.327 e. The molecule has 2 heterocycles. The van der Waals surface area contributed by atoms with Gasteiger partial charge in [0.25, 0.3) is 0 Å². The third kappa shape index (κ3) is 2.31. The summed E-state index contributed by atoms with van der Waals surface area (Å²) in [6.45, 7) is 4.72. The van der Waals surface area contributed by atoms with E-state index in [2.05, 4.69) is 41.0 Å². The van der Waals surface area contributed by atoms with Crippen LogP contribution < -0.4 is 5.73 Å². The van der Waals surface area contributed by atoms with Gasteiger partial charge in [0.1, 0.15) is 0 Å². The molecule has 0 aliphatic heterocycles. The van der Waals surface area contributed by atoms with Crippen LogP contribution in [0.4, 0.5) is 0 Å². The number of nitrogens with zero attached hydrogens (tertiary/aromatic N) is 2. The van der Waals surface area contributed by atoms with E-state index >= 15 is 0 Å². The minimum atomic E-state index is 0.345. The summed E-state index contributed by atoms with van der Waals surface area (Å²) in [6.07, 6.45) is 8.88. The summed E-state index contributed by atoms with van der Waals surface area (Å²) in [5, 5.41) is 2.07. The fourth-order valence-electron chi connectivity index (χ4n) is 3.12. The predicted molar refractivity (Wildman–Crippen MR) is 75.9 cm³/mol. The second-order valence-corrected chi connectivity index (χ2v) is 7.23. The molecule has 2 unspecified atom stereocenters. The van der Waals surface area contributed by atoms with Crippen LogP contribution in [0.25, 0.3) is 4.96 Å². The van der Waals surface area contributed by atoms with E-state index in [1.54, 1.807) is 11.3 Å². The van der Waals surface area contributed by atoms with E-state index in [-0.39, 0.29) is 0 Å². The van der Waals surface area contributed by atoms with Gasteiger partial charge in [0.2, 0.25) is 0 Å². The molecule has 0 aromatic carbocycles. The number of hydrogen-bond donors (Lipinski definition) is 1. The lowest BCUT2D eigenvalue weighted by atomic mass is 9.69. The third-order valence-electron chi connectivity index (χ3n) is 4.19. The highest BCUT2D eigenvalue weighted by Gasteiger charge is 2.33. The lowest BCUT2D eigenvalue weighted by Gasteiger charge is -2.39. The van der Waals surface area contributed by atoms with Gasteiger partial charge in [-0.1, -0.05) is 13.8 Å². The predicted octanol–water partition coefficient (Wildman–Crippen LogP) is 3.09. The largest absolute Gasteiger partial charge is 0.327 e. The summed E-state index contributed by atoms with van der Waals surface area (Å²) in [5.74, 6) is 0.582. The van der Waals surface area contributed by atoms with E-state index in [4.69, 9.17) is 5.73 Å². The van der Waals surface area contributed by atoms with Crippen molar-refractivity contribution in [3.05, 3.63) is 23.5 Å². The molecular weight excluding hydrogens is 242 g/mol. The van der Waals surface area contributed by atoms with Gasteiger partial charge in [-0.05, 0) is 37.0 Å². The Kier molecular flexibility index (Phi) is 2.94. The Labute approximate surface area is 112 Å². The smallest absolute Gasteiger partial charge is 0.193 e. The van der Waals surface area contributed by atoms with E-state index in [1.165, 1.54) is 18.5 Å². The second kappa shape index (κ2) is 4.35. The van der Waals surface area contributed by atoms with Crippen molar-refractivity contribution in [2.45, 2.75) is 45.6 Å². The molecular formula is C14H21N3S. The van der Waals surface area contributed by atoms with E-state index in [0.29, 0.717) is 17.4 Å². The topological polar surface area (TPSA) is 43.3 Å². The van der Waals surface area contributed by atoms with Gasteiger partial charge < -0.3 is 5.73 Å². The van der Waals surface area contributed by atoms with E-state index in [1.807, 2.05) is 0 Å². The maximum Gasteiger partial charge on any atom is 0.193 e. The Morgan fingerprint density at radius 3 is 3.17 bits per heavy atom. The molecule has 1 fully saturated rings. The zero-order valence-electron chi connectivity index (χ0n) is 11.1. The minimum absolute atomic E-state index is 0.345. The Balaban J connectivity index is 1.76. The van der Waals surface area contributed by atoms with Crippen molar-refractivity contribution in [1.29, 1.82) is 0 Å². The number of hydrogen-bond acceptors (Lipinski definition) is 3. The molecule has 0 amide bonds. The van der Waals surface area contributed by atoms with Crippen LogP contribution in [-0.2, 0) is 6.42 Å². The fourth-order valence-corrected chi connectivity index (χ4v) is 3.84. The molecule has 0 spiro atoms. The molecule has 98 valence electrons. The van der Waals surface area contributed by atoms with Crippen molar-refractivity contribution in [2.75, 3.05) is 0 Å². The van der Waals surface area contributed by atoms with Gasteiger partial charge in [-0.2, -0.15) is 0 Å². The van der Waals surface area contributed by atoms with Gasteiger partial charge in [-0.15, -0.1) is 11.3 Å². The zero-order chi connectivity index (χ0) is 12.8. The summed E-state index contributed by atoms with van der Waals surface area (Å²) >= 11 is 1.69. The van der Waals surface area contributed by atoms with Gasteiger partial charge in [0.15, 0.2) is 4.96 Å².